The van der Waals surface area contributed by atoms with Crippen molar-refractivity contribution in [1.29, 1.82) is 0 Å². The lowest BCUT2D eigenvalue weighted by Crippen LogP contribution is -2.33. The van der Waals surface area contributed by atoms with Gasteiger partial charge in [-0.05, 0) is 43.0 Å². The molecular formula is C20H24N2O3S. The summed E-state index contributed by atoms with van der Waals surface area (Å²) in [6, 6.07) is 15.2. The van der Waals surface area contributed by atoms with Crippen molar-refractivity contribution in [3.63, 3.8) is 0 Å². The summed E-state index contributed by atoms with van der Waals surface area (Å²) in [6.45, 7) is 2.68. The predicted octanol–water partition coefficient (Wildman–Crippen LogP) is 3.15. The number of nitrogens with one attached hydrogen (secondary N) is 2. The van der Waals surface area contributed by atoms with Crippen LogP contribution < -0.4 is 10.0 Å². The van der Waals surface area contributed by atoms with Crippen molar-refractivity contribution in [1.82, 2.24) is 5.32 Å². The molecule has 2 N–H and O–H groups in total. The SMILES string of the molecule is C[C@H](NC[C@@H]1CCc2ccccc2C1=O)c1ccc(NS(C)(=O)=O)cc1. The quantitative estimate of drug-likeness (QED) is 0.817. The highest BCUT2D eigenvalue weighted by molar-refractivity contribution is 7.92. The van der Waals surface area contributed by atoms with E-state index in [4.69, 9.17) is 0 Å². The lowest BCUT2D eigenvalue weighted by atomic mass is 9.82. The Morgan fingerprint density at radius 3 is 2.50 bits per heavy atom. The molecule has 2 aromatic rings. The van der Waals surface area contributed by atoms with Crippen molar-refractivity contribution < 1.29 is 13.2 Å². The summed E-state index contributed by atoms with van der Waals surface area (Å²) in [5.41, 5.74) is 3.60. The maximum absolute atomic E-state index is 12.6. The number of benzene rings is 2. The first kappa shape index (κ1) is 18.6. The smallest absolute Gasteiger partial charge is 0.229 e. The first-order valence-electron chi connectivity index (χ1n) is 8.77. The predicted molar refractivity (Wildman–Crippen MR) is 104 cm³/mol. The molecule has 0 saturated heterocycles. The van der Waals surface area contributed by atoms with Gasteiger partial charge in [0.05, 0.1) is 6.26 Å². The second-order valence-electron chi connectivity index (χ2n) is 6.88. The van der Waals surface area contributed by atoms with E-state index in [1.54, 1.807) is 12.1 Å². The Kier molecular flexibility index (Phi) is 5.44. The first-order valence-corrected chi connectivity index (χ1v) is 10.7. The fraction of sp³-hybridized carbons (Fsp3) is 0.350. The largest absolute Gasteiger partial charge is 0.309 e. The number of Topliss-reactive ketones (excluding diaryl/α,β-unsaturated/α-hetero) is 1. The monoisotopic (exact) mass is 372 g/mol. The Morgan fingerprint density at radius 2 is 1.81 bits per heavy atom. The van der Waals surface area contributed by atoms with Crippen LogP contribution in [0.3, 0.4) is 0 Å². The summed E-state index contributed by atoms with van der Waals surface area (Å²) in [5, 5.41) is 3.44. The highest BCUT2D eigenvalue weighted by atomic mass is 32.2. The van der Waals surface area contributed by atoms with Crippen molar-refractivity contribution >= 4 is 21.5 Å². The van der Waals surface area contributed by atoms with E-state index in [1.165, 1.54) is 0 Å². The van der Waals surface area contributed by atoms with Gasteiger partial charge in [-0.1, -0.05) is 36.4 Å². The molecule has 6 heteroatoms. The normalized spacial score (nSPS) is 18.2. The van der Waals surface area contributed by atoms with Crippen molar-refractivity contribution in [2.24, 2.45) is 5.92 Å². The highest BCUT2D eigenvalue weighted by Gasteiger charge is 2.27. The summed E-state index contributed by atoms with van der Waals surface area (Å²) in [4.78, 5) is 12.6. The third-order valence-electron chi connectivity index (χ3n) is 4.80. The average molecular weight is 372 g/mol. The number of hydrogen-bond donors (Lipinski definition) is 2. The van der Waals surface area contributed by atoms with Gasteiger partial charge in [-0.25, -0.2) is 8.42 Å². The van der Waals surface area contributed by atoms with Crippen LogP contribution in [-0.4, -0.2) is 27.0 Å². The first-order chi connectivity index (χ1) is 12.3. The van der Waals surface area contributed by atoms with Crippen molar-refractivity contribution in [3.8, 4) is 0 Å². The summed E-state index contributed by atoms with van der Waals surface area (Å²) in [6.07, 6.45) is 2.94. The van der Waals surface area contributed by atoms with Crippen molar-refractivity contribution in [3.05, 3.63) is 65.2 Å². The lowest BCUT2D eigenvalue weighted by Gasteiger charge is -2.25. The molecule has 0 saturated carbocycles. The minimum absolute atomic E-state index is 0.00137. The number of hydrogen-bond acceptors (Lipinski definition) is 4. The fourth-order valence-electron chi connectivity index (χ4n) is 3.34. The molecule has 0 spiro atoms. The number of sulfonamides is 1. The van der Waals surface area contributed by atoms with Gasteiger partial charge in [-0.2, -0.15) is 0 Å². The highest BCUT2D eigenvalue weighted by Crippen LogP contribution is 2.26. The average Bonchev–Trinajstić information content (AvgIpc) is 2.60. The van der Waals surface area contributed by atoms with E-state index in [0.717, 1.165) is 35.8 Å². The number of carbonyl (C=O) groups is 1. The molecule has 3 rings (SSSR count). The third kappa shape index (κ3) is 4.51. The van der Waals surface area contributed by atoms with Gasteiger partial charge < -0.3 is 5.32 Å². The molecular weight excluding hydrogens is 348 g/mol. The zero-order valence-electron chi connectivity index (χ0n) is 15.0. The van der Waals surface area contributed by atoms with E-state index in [2.05, 4.69) is 10.0 Å². The number of rotatable bonds is 6. The molecule has 0 amide bonds. The fourth-order valence-corrected chi connectivity index (χ4v) is 3.91. The Morgan fingerprint density at radius 1 is 1.12 bits per heavy atom. The van der Waals surface area contributed by atoms with Crippen LogP contribution >= 0.6 is 0 Å². The minimum Gasteiger partial charge on any atom is -0.309 e. The maximum atomic E-state index is 12.6. The van der Waals surface area contributed by atoms with Crippen LogP contribution in [0.2, 0.25) is 0 Å². The van der Waals surface area contributed by atoms with Crippen LogP contribution in [-0.2, 0) is 16.4 Å². The van der Waals surface area contributed by atoms with Crippen molar-refractivity contribution in [2.75, 3.05) is 17.5 Å². The standard InChI is InChI=1S/C20H24N2O3S/c1-14(15-9-11-18(12-10-15)22-26(2,24)25)21-13-17-8-7-16-5-3-4-6-19(16)20(17)23/h3-6,9-12,14,17,21-22H,7-8,13H2,1-2H3/t14-,17-/m0/s1. The molecule has 1 aliphatic carbocycles. The van der Waals surface area contributed by atoms with Crippen LogP contribution in [0.25, 0.3) is 0 Å². The van der Waals surface area contributed by atoms with E-state index in [0.29, 0.717) is 12.2 Å². The summed E-state index contributed by atoms with van der Waals surface area (Å²) in [5.74, 6) is 0.220. The molecule has 138 valence electrons. The lowest BCUT2D eigenvalue weighted by molar-refractivity contribution is 0.0899. The molecule has 0 fully saturated rings. The van der Waals surface area contributed by atoms with Gasteiger partial charge in [-0.3, -0.25) is 9.52 Å². The molecule has 0 aliphatic heterocycles. The molecule has 0 radical (unpaired) electrons. The number of anilines is 1. The number of aryl methyl sites for hydroxylation is 1. The van der Waals surface area contributed by atoms with Gasteiger partial charge in [0.25, 0.3) is 0 Å². The van der Waals surface area contributed by atoms with E-state index in [-0.39, 0.29) is 17.7 Å². The van der Waals surface area contributed by atoms with E-state index in [9.17, 15) is 13.2 Å². The molecule has 0 heterocycles. The number of ketones is 1. The maximum Gasteiger partial charge on any atom is 0.229 e. The molecule has 0 bridgehead atoms. The van der Waals surface area contributed by atoms with Crippen LogP contribution in [0.15, 0.2) is 48.5 Å². The van der Waals surface area contributed by atoms with Crippen LogP contribution in [0.4, 0.5) is 5.69 Å². The van der Waals surface area contributed by atoms with Crippen molar-refractivity contribution in [2.45, 2.75) is 25.8 Å². The number of fused-ring (bicyclic) bond motifs is 1. The molecule has 1 aliphatic rings. The summed E-state index contributed by atoms with van der Waals surface area (Å²) >= 11 is 0. The Bertz CT molecular complexity index is 892. The van der Waals surface area contributed by atoms with Crippen LogP contribution in [0, 0.1) is 5.92 Å². The van der Waals surface area contributed by atoms with E-state index in [1.807, 2.05) is 43.3 Å². The third-order valence-corrected chi connectivity index (χ3v) is 5.41. The number of carbonyl (C=O) groups excluding carboxylic acids is 1. The second kappa shape index (κ2) is 7.60. The van der Waals surface area contributed by atoms with Gasteiger partial charge >= 0.3 is 0 Å². The molecule has 26 heavy (non-hydrogen) atoms. The summed E-state index contributed by atoms with van der Waals surface area (Å²) in [7, 11) is -3.27. The molecule has 0 unspecified atom stereocenters. The van der Waals surface area contributed by atoms with Gasteiger partial charge in [0, 0.05) is 29.8 Å². The Hall–Kier alpha value is -2.18. The molecule has 2 aromatic carbocycles. The van der Waals surface area contributed by atoms with Crippen LogP contribution in [0.5, 0.6) is 0 Å². The van der Waals surface area contributed by atoms with E-state index >= 15 is 0 Å². The minimum atomic E-state index is -3.27. The summed E-state index contributed by atoms with van der Waals surface area (Å²) < 4.78 is 25.0. The molecule has 0 aromatic heterocycles. The zero-order chi connectivity index (χ0) is 18.7. The van der Waals surface area contributed by atoms with Gasteiger partial charge in [0.15, 0.2) is 5.78 Å². The zero-order valence-corrected chi connectivity index (χ0v) is 15.8. The molecule has 2 atom stereocenters. The topological polar surface area (TPSA) is 75.3 Å². The van der Waals surface area contributed by atoms with Gasteiger partial charge in [0.1, 0.15) is 0 Å². The molecule has 5 nitrogen and oxygen atoms in total. The Labute approximate surface area is 154 Å². The second-order valence-corrected chi connectivity index (χ2v) is 8.63. The van der Waals surface area contributed by atoms with Gasteiger partial charge in [-0.15, -0.1) is 0 Å². The Balaban J connectivity index is 1.59. The van der Waals surface area contributed by atoms with Crippen LogP contribution in [0.1, 0.15) is 40.9 Å². The van der Waals surface area contributed by atoms with Gasteiger partial charge in [0.2, 0.25) is 10.0 Å². The van der Waals surface area contributed by atoms with E-state index < -0.39 is 10.0 Å².